The lowest BCUT2D eigenvalue weighted by Gasteiger charge is -2.27. The highest BCUT2D eigenvalue weighted by atomic mass is 127. The molecule has 0 amide bonds. The van der Waals surface area contributed by atoms with Crippen molar-refractivity contribution >= 4 is 29.9 Å². The number of hydrogen-bond donors (Lipinski definition) is 1. The maximum atomic E-state index is 6.16. The van der Waals surface area contributed by atoms with E-state index in [0.717, 1.165) is 43.3 Å². The van der Waals surface area contributed by atoms with E-state index in [1.54, 1.807) is 0 Å². The number of para-hydroxylation sites is 1. The van der Waals surface area contributed by atoms with E-state index in [9.17, 15) is 0 Å². The van der Waals surface area contributed by atoms with E-state index in [4.69, 9.17) is 9.73 Å². The number of rotatable bonds is 6. The molecule has 2 aliphatic rings. The summed E-state index contributed by atoms with van der Waals surface area (Å²) in [7, 11) is 1.98. The smallest absolute Gasteiger partial charge is 0.194 e. The molecule has 0 radical (unpaired) electrons. The molecule has 1 atom stereocenters. The van der Waals surface area contributed by atoms with Gasteiger partial charge in [0, 0.05) is 44.4 Å². The molecule has 2 heterocycles. The van der Waals surface area contributed by atoms with Gasteiger partial charge in [0.15, 0.2) is 5.96 Å². The summed E-state index contributed by atoms with van der Waals surface area (Å²) in [6.45, 7) is 5.63. The third kappa shape index (κ3) is 5.43. The largest absolute Gasteiger partial charge is 0.490 e. The number of nitrogens with one attached hydrogen (secondary N) is 1. The normalized spacial score (nSPS) is 19.6. The topological polar surface area (TPSA) is 54.7 Å². The number of halogens is 1. The molecule has 158 valence electrons. The van der Waals surface area contributed by atoms with Gasteiger partial charge in [0.25, 0.3) is 0 Å². The summed E-state index contributed by atoms with van der Waals surface area (Å²) in [5, 5.41) is 7.80. The van der Waals surface area contributed by atoms with Crippen molar-refractivity contribution in [1.29, 1.82) is 0 Å². The molecule has 1 N–H and O–H groups in total. The molecule has 1 saturated carbocycles. The number of benzene rings is 1. The first-order valence-electron chi connectivity index (χ1n) is 10.5. The average Bonchev–Trinajstić information content (AvgIpc) is 3.31. The quantitative estimate of drug-likeness (QED) is 0.365. The summed E-state index contributed by atoms with van der Waals surface area (Å²) in [6.07, 6.45) is 9.27. The van der Waals surface area contributed by atoms with E-state index >= 15 is 0 Å². The van der Waals surface area contributed by atoms with Gasteiger partial charge in [-0.2, -0.15) is 5.10 Å². The number of ether oxygens (including phenoxy) is 1. The van der Waals surface area contributed by atoms with Crippen molar-refractivity contribution < 1.29 is 4.74 Å². The fraction of sp³-hybridized carbons (Fsp3) is 0.545. The summed E-state index contributed by atoms with van der Waals surface area (Å²) in [4.78, 5) is 7.31. The van der Waals surface area contributed by atoms with Gasteiger partial charge in [-0.05, 0) is 44.2 Å². The zero-order chi connectivity index (χ0) is 19.3. The Morgan fingerprint density at radius 3 is 2.79 bits per heavy atom. The second-order valence-electron chi connectivity index (χ2n) is 7.83. The Kier molecular flexibility index (Phi) is 7.80. The minimum absolute atomic E-state index is 0. The van der Waals surface area contributed by atoms with Crippen molar-refractivity contribution in [3.05, 3.63) is 47.8 Å². The van der Waals surface area contributed by atoms with Gasteiger partial charge in [0.05, 0.1) is 18.8 Å². The van der Waals surface area contributed by atoms with Crippen LogP contribution in [-0.4, -0.2) is 46.4 Å². The van der Waals surface area contributed by atoms with Gasteiger partial charge in [-0.25, -0.2) is 4.99 Å². The Labute approximate surface area is 190 Å². The summed E-state index contributed by atoms with van der Waals surface area (Å²) < 4.78 is 8.05. The highest BCUT2D eigenvalue weighted by molar-refractivity contribution is 14.0. The standard InChI is InChI=1S/C22H31N5O.HI/c1-3-23-22(27-12-11-18(16-27)19-14-25-26(2)15-19)24-13-17-7-4-5-10-21(17)28-20-8-6-9-20;/h4-5,7,10,14-15,18,20H,3,6,8-9,11-13,16H2,1-2H3,(H,23,24);1H. The number of aromatic nitrogens is 2. The third-order valence-corrected chi connectivity index (χ3v) is 5.74. The molecular formula is C22H32IN5O. The molecule has 1 unspecified atom stereocenters. The molecule has 1 aliphatic carbocycles. The number of likely N-dealkylation sites (tertiary alicyclic amines) is 1. The van der Waals surface area contributed by atoms with Crippen LogP contribution < -0.4 is 10.1 Å². The Morgan fingerprint density at radius 1 is 1.28 bits per heavy atom. The Balaban J connectivity index is 0.00000240. The molecule has 4 rings (SSSR count). The third-order valence-electron chi connectivity index (χ3n) is 5.74. The molecule has 0 bridgehead atoms. The number of hydrogen-bond acceptors (Lipinski definition) is 3. The molecule has 6 nitrogen and oxygen atoms in total. The second kappa shape index (κ2) is 10.3. The van der Waals surface area contributed by atoms with E-state index in [1.807, 2.05) is 24.0 Å². The number of aliphatic imine (C=N–C) groups is 1. The summed E-state index contributed by atoms with van der Waals surface area (Å²) in [5.41, 5.74) is 2.48. The first-order chi connectivity index (χ1) is 13.7. The minimum Gasteiger partial charge on any atom is -0.490 e. The first-order valence-corrected chi connectivity index (χ1v) is 10.5. The van der Waals surface area contributed by atoms with Crippen molar-refractivity contribution in [2.45, 2.75) is 51.2 Å². The predicted molar refractivity (Wildman–Crippen MR) is 127 cm³/mol. The summed E-state index contributed by atoms with van der Waals surface area (Å²) >= 11 is 0. The lowest BCUT2D eigenvalue weighted by molar-refractivity contribution is 0.119. The zero-order valence-corrected chi connectivity index (χ0v) is 19.7. The number of nitrogens with zero attached hydrogens (tertiary/aromatic N) is 4. The Hall–Kier alpha value is -1.77. The van der Waals surface area contributed by atoms with Gasteiger partial charge in [0.1, 0.15) is 5.75 Å². The minimum atomic E-state index is 0. The van der Waals surface area contributed by atoms with Crippen LogP contribution in [0.4, 0.5) is 0 Å². The fourth-order valence-electron chi connectivity index (χ4n) is 3.88. The van der Waals surface area contributed by atoms with Gasteiger partial charge >= 0.3 is 0 Å². The molecular weight excluding hydrogens is 477 g/mol. The van der Waals surface area contributed by atoms with Crippen molar-refractivity contribution in [3.63, 3.8) is 0 Å². The summed E-state index contributed by atoms with van der Waals surface area (Å²) in [6, 6.07) is 8.32. The van der Waals surface area contributed by atoms with Crippen molar-refractivity contribution in [2.24, 2.45) is 12.0 Å². The highest BCUT2D eigenvalue weighted by Gasteiger charge is 2.27. The zero-order valence-electron chi connectivity index (χ0n) is 17.4. The molecule has 1 saturated heterocycles. The monoisotopic (exact) mass is 509 g/mol. The summed E-state index contributed by atoms with van der Waals surface area (Å²) in [5.74, 6) is 2.50. The highest BCUT2D eigenvalue weighted by Crippen LogP contribution is 2.29. The molecule has 1 aromatic carbocycles. The van der Waals surface area contributed by atoms with E-state index in [-0.39, 0.29) is 24.0 Å². The van der Waals surface area contributed by atoms with Crippen molar-refractivity contribution in [3.8, 4) is 5.75 Å². The average molecular weight is 509 g/mol. The van der Waals surface area contributed by atoms with Crippen LogP contribution in [0.3, 0.4) is 0 Å². The number of aryl methyl sites for hydroxylation is 1. The van der Waals surface area contributed by atoms with Crippen LogP contribution in [0.1, 0.15) is 49.7 Å². The van der Waals surface area contributed by atoms with Crippen molar-refractivity contribution in [2.75, 3.05) is 19.6 Å². The van der Waals surface area contributed by atoms with Crippen LogP contribution >= 0.6 is 24.0 Å². The van der Waals surface area contributed by atoms with E-state index in [1.165, 1.54) is 24.8 Å². The molecule has 1 aromatic heterocycles. The second-order valence-corrected chi connectivity index (χ2v) is 7.83. The fourth-order valence-corrected chi connectivity index (χ4v) is 3.88. The maximum absolute atomic E-state index is 6.16. The Morgan fingerprint density at radius 2 is 2.10 bits per heavy atom. The molecule has 1 aliphatic heterocycles. The Bertz CT molecular complexity index is 817. The predicted octanol–water partition coefficient (Wildman–Crippen LogP) is 3.92. The van der Waals surface area contributed by atoms with Crippen LogP contribution in [-0.2, 0) is 13.6 Å². The van der Waals surface area contributed by atoms with Gasteiger partial charge in [-0.1, -0.05) is 18.2 Å². The van der Waals surface area contributed by atoms with Crippen LogP contribution in [0.25, 0.3) is 0 Å². The van der Waals surface area contributed by atoms with Gasteiger partial charge < -0.3 is 15.0 Å². The lowest BCUT2D eigenvalue weighted by Crippen LogP contribution is -2.40. The van der Waals surface area contributed by atoms with Gasteiger partial charge in [0.2, 0.25) is 0 Å². The lowest BCUT2D eigenvalue weighted by atomic mass is 9.96. The SMILES string of the molecule is CCNC(=NCc1ccccc1OC1CCC1)N1CCC(c2cnn(C)c2)C1.I. The van der Waals surface area contributed by atoms with Crippen LogP contribution in [0.15, 0.2) is 41.7 Å². The van der Waals surface area contributed by atoms with Crippen LogP contribution in [0, 0.1) is 0 Å². The van der Waals surface area contributed by atoms with Gasteiger partial charge in [-0.15, -0.1) is 24.0 Å². The van der Waals surface area contributed by atoms with E-state index in [0.29, 0.717) is 18.6 Å². The molecule has 2 fully saturated rings. The van der Waals surface area contributed by atoms with Crippen LogP contribution in [0.2, 0.25) is 0 Å². The van der Waals surface area contributed by atoms with Gasteiger partial charge in [-0.3, -0.25) is 4.68 Å². The van der Waals surface area contributed by atoms with E-state index in [2.05, 4.69) is 46.6 Å². The molecule has 2 aromatic rings. The number of guanidine groups is 1. The molecule has 0 spiro atoms. The van der Waals surface area contributed by atoms with Crippen molar-refractivity contribution in [1.82, 2.24) is 20.0 Å². The maximum Gasteiger partial charge on any atom is 0.194 e. The first kappa shape index (κ1) is 21.9. The van der Waals surface area contributed by atoms with E-state index < -0.39 is 0 Å². The van der Waals surface area contributed by atoms with Crippen LogP contribution in [0.5, 0.6) is 5.75 Å². The molecule has 7 heteroatoms. The molecule has 29 heavy (non-hydrogen) atoms.